The number of aliphatic hydroxyl groups excluding tert-OH is 1. The topological polar surface area (TPSA) is 52.7 Å². The second kappa shape index (κ2) is 5.96. The number of nitrogens with two attached hydrogens (primary N) is 1. The lowest BCUT2D eigenvalue weighted by molar-refractivity contribution is 0.0467. The van der Waals surface area contributed by atoms with E-state index in [0.29, 0.717) is 12.5 Å². The van der Waals surface area contributed by atoms with Gasteiger partial charge in [-0.05, 0) is 19.8 Å². The molecule has 0 saturated carbocycles. The van der Waals surface area contributed by atoms with Gasteiger partial charge in [-0.1, -0.05) is 6.92 Å². The summed E-state index contributed by atoms with van der Waals surface area (Å²) in [5.74, 6) is 0.383. The molecular weight excluding hydrogens is 202 g/mol. The van der Waals surface area contributed by atoms with E-state index in [1.165, 1.54) is 0 Å². The van der Waals surface area contributed by atoms with Crippen LogP contribution in [0.4, 0.5) is 0 Å². The minimum Gasteiger partial charge on any atom is -0.396 e. The van der Waals surface area contributed by atoms with E-state index in [1.807, 2.05) is 0 Å². The average Bonchev–Trinajstić information content (AvgIpc) is 2.29. The van der Waals surface area contributed by atoms with Crippen molar-refractivity contribution in [2.75, 3.05) is 45.9 Å². The maximum absolute atomic E-state index is 9.03. The predicted molar refractivity (Wildman–Crippen MR) is 67.4 cm³/mol. The molecule has 0 spiro atoms. The number of nitrogens with zero attached hydrogens (tertiary/aromatic N) is 2. The molecule has 3 N–H and O–H groups in total. The Labute approximate surface area is 99.4 Å². The standard InChI is InChI=1S/C12H27N3O/c1-11(9-16)8-14-4-6-15(7-5-14)12(2,3)10-13/h11,16H,4-10,13H2,1-3H3. The van der Waals surface area contributed by atoms with E-state index in [2.05, 4.69) is 30.6 Å². The smallest absolute Gasteiger partial charge is 0.0468 e. The lowest BCUT2D eigenvalue weighted by atomic mass is 10.0. The molecule has 1 rings (SSSR count). The highest BCUT2D eigenvalue weighted by molar-refractivity contribution is 4.86. The van der Waals surface area contributed by atoms with Crippen molar-refractivity contribution in [3.05, 3.63) is 0 Å². The van der Waals surface area contributed by atoms with Crippen molar-refractivity contribution in [1.82, 2.24) is 9.80 Å². The zero-order chi connectivity index (χ0) is 12.2. The van der Waals surface area contributed by atoms with Gasteiger partial charge in [0.1, 0.15) is 0 Å². The van der Waals surface area contributed by atoms with Gasteiger partial charge < -0.3 is 15.7 Å². The lowest BCUT2D eigenvalue weighted by Crippen LogP contribution is -2.57. The van der Waals surface area contributed by atoms with Crippen LogP contribution in [0.1, 0.15) is 20.8 Å². The van der Waals surface area contributed by atoms with Crippen LogP contribution in [-0.4, -0.2) is 66.3 Å². The Morgan fingerprint density at radius 2 is 1.81 bits per heavy atom. The number of piperazine rings is 1. The summed E-state index contributed by atoms with van der Waals surface area (Å²) >= 11 is 0. The van der Waals surface area contributed by atoms with Crippen molar-refractivity contribution in [3.8, 4) is 0 Å². The Morgan fingerprint density at radius 3 is 2.25 bits per heavy atom. The van der Waals surface area contributed by atoms with Crippen LogP contribution in [0.15, 0.2) is 0 Å². The quantitative estimate of drug-likeness (QED) is 0.695. The minimum absolute atomic E-state index is 0.120. The predicted octanol–water partition coefficient (Wildman–Crippen LogP) is -0.0303. The molecule has 0 radical (unpaired) electrons. The molecule has 96 valence electrons. The summed E-state index contributed by atoms with van der Waals surface area (Å²) in [6, 6.07) is 0. The monoisotopic (exact) mass is 229 g/mol. The Kier molecular flexibility index (Phi) is 5.18. The first-order chi connectivity index (χ1) is 7.49. The van der Waals surface area contributed by atoms with Gasteiger partial charge in [-0.2, -0.15) is 0 Å². The van der Waals surface area contributed by atoms with Crippen LogP contribution >= 0.6 is 0 Å². The zero-order valence-electron chi connectivity index (χ0n) is 10.9. The van der Waals surface area contributed by atoms with Gasteiger partial charge >= 0.3 is 0 Å². The maximum atomic E-state index is 9.03. The number of rotatable bonds is 5. The zero-order valence-corrected chi connectivity index (χ0v) is 10.9. The molecule has 1 fully saturated rings. The largest absolute Gasteiger partial charge is 0.396 e. The van der Waals surface area contributed by atoms with E-state index in [-0.39, 0.29) is 12.1 Å². The first-order valence-corrected chi connectivity index (χ1v) is 6.28. The third-order valence-electron chi connectivity index (χ3n) is 3.61. The molecule has 1 unspecified atom stereocenters. The molecule has 0 bridgehead atoms. The van der Waals surface area contributed by atoms with Gasteiger partial charge in [0.25, 0.3) is 0 Å². The van der Waals surface area contributed by atoms with Crippen molar-refractivity contribution >= 4 is 0 Å². The molecule has 0 aromatic heterocycles. The van der Waals surface area contributed by atoms with Crippen LogP contribution in [0.5, 0.6) is 0 Å². The summed E-state index contributed by atoms with van der Waals surface area (Å²) in [7, 11) is 0. The van der Waals surface area contributed by atoms with Gasteiger partial charge in [-0.3, -0.25) is 4.90 Å². The molecule has 4 heteroatoms. The van der Waals surface area contributed by atoms with Crippen molar-refractivity contribution in [2.45, 2.75) is 26.3 Å². The Morgan fingerprint density at radius 1 is 1.25 bits per heavy atom. The van der Waals surface area contributed by atoms with E-state index in [0.717, 1.165) is 32.7 Å². The van der Waals surface area contributed by atoms with Gasteiger partial charge in [0.05, 0.1) is 0 Å². The molecule has 0 amide bonds. The summed E-state index contributed by atoms with van der Waals surface area (Å²) in [6.07, 6.45) is 0. The first kappa shape index (κ1) is 13.9. The first-order valence-electron chi connectivity index (χ1n) is 6.28. The number of hydrogen-bond acceptors (Lipinski definition) is 4. The molecule has 1 aliphatic heterocycles. The van der Waals surface area contributed by atoms with Crippen LogP contribution in [0, 0.1) is 5.92 Å². The highest BCUT2D eigenvalue weighted by atomic mass is 16.3. The van der Waals surface area contributed by atoms with Crippen molar-refractivity contribution in [3.63, 3.8) is 0 Å². The molecule has 1 aliphatic rings. The SMILES string of the molecule is CC(CO)CN1CCN(C(C)(C)CN)CC1. The normalized spacial score (nSPS) is 22.3. The van der Waals surface area contributed by atoms with Crippen LogP contribution in [0.3, 0.4) is 0 Å². The number of hydrogen-bond donors (Lipinski definition) is 2. The Hall–Kier alpha value is -0.160. The van der Waals surface area contributed by atoms with Crippen LogP contribution in [-0.2, 0) is 0 Å². The molecule has 0 aromatic carbocycles. The van der Waals surface area contributed by atoms with Gasteiger partial charge in [0.2, 0.25) is 0 Å². The van der Waals surface area contributed by atoms with Gasteiger partial charge in [0.15, 0.2) is 0 Å². The second-order valence-corrected chi connectivity index (χ2v) is 5.59. The third-order valence-corrected chi connectivity index (χ3v) is 3.61. The Bertz CT molecular complexity index is 200. The third kappa shape index (κ3) is 3.70. The van der Waals surface area contributed by atoms with E-state index in [4.69, 9.17) is 10.8 Å². The van der Waals surface area contributed by atoms with Crippen LogP contribution in [0.2, 0.25) is 0 Å². The average molecular weight is 229 g/mol. The van der Waals surface area contributed by atoms with Crippen LogP contribution < -0.4 is 5.73 Å². The summed E-state index contributed by atoms with van der Waals surface area (Å²) in [6.45, 7) is 12.9. The second-order valence-electron chi connectivity index (χ2n) is 5.59. The molecule has 1 atom stereocenters. The summed E-state index contributed by atoms with van der Waals surface area (Å²) in [5, 5.41) is 9.03. The summed E-state index contributed by atoms with van der Waals surface area (Å²) in [4.78, 5) is 4.90. The molecule has 16 heavy (non-hydrogen) atoms. The molecule has 0 aliphatic carbocycles. The number of aliphatic hydroxyl groups is 1. The molecule has 4 nitrogen and oxygen atoms in total. The molecule has 1 heterocycles. The van der Waals surface area contributed by atoms with Gasteiger partial charge in [-0.25, -0.2) is 0 Å². The fourth-order valence-corrected chi connectivity index (χ4v) is 2.16. The van der Waals surface area contributed by atoms with E-state index in [1.54, 1.807) is 0 Å². The van der Waals surface area contributed by atoms with Crippen LogP contribution in [0.25, 0.3) is 0 Å². The molecule has 0 aromatic rings. The van der Waals surface area contributed by atoms with Gasteiger partial charge in [0, 0.05) is 51.4 Å². The van der Waals surface area contributed by atoms with E-state index < -0.39 is 0 Å². The molecule has 1 saturated heterocycles. The summed E-state index contributed by atoms with van der Waals surface area (Å²) in [5.41, 5.74) is 5.91. The van der Waals surface area contributed by atoms with E-state index in [9.17, 15) is 0 Å². The maximum Gasteiger partial charge on any atom is 0.0468 e. The molecular formula is C12H27N3O. The van der Waals surface area contributed by atoms with Crippen molar-refractivity contribution in [2.24, 2.45) is 11.7 Å². The highest BCUT2D eigenvalue weighted by Gasteiger charge is 2.28. The summed E-state index contributed by atoms with van der Waals surface area (Å²) < 4.78 is 0. The fraction of sp³-hybridized carbons (Fsp3) is 1.00. The highest BCUT2D eigenvalue weighted by Crippen LogP contribution is 2.16. The van der Waals surface area contributed by atoms with Crippen molar-refractivity contribution < 1.29 is 5.11 Å². The lowest BCUT2D eigenvalue weighted by Gasteiger charge is -2.44. The fourth-order valence-electron chi connectivity index (χ4n) is 2.16. The Balaban J connectivity index is 2.34. The minimum atomic E-state index is 0.120. The van der Waals surface area contributed by atoms with Gasteiger partial charge in [-0.15, -0.1) is 0 Å². The van der Waals surface area contributed by atoms with Crippen molar-refractivity contribution in [1.29, 1.82) is 0 Å². The van der Waals surface area contributed by atoms with E-state index >= 15 is 0 Å².